The zero-order valence-corrected chi connectivity index (χ0v) is 13.2. The molecule has 1 amide bonds. The molecule has 120 valence electrons. The predicted octanol–water partition coefficient (Wildman–Crippen LogP) is 1.69. The summed E-state index contributed by atoms with van der Waals surface area (Å²) >= 11 is 0. The van der Waals surface area contributed by atoms with Crippen molar-refractivity contribution in [3.63, 3.8) is 0 Å². The molecule has 0 aliphatic carbocycles. The van der Waals surface area contributed by atoms with Crippen LogP contribution in [0.5, 0.6) is 0 Å². The molecule has 2 aliphatic rings. The average molecular weight is 302 g/mol. The van der Waals surface area contributed by atoms with Crippen LogP contribution in [0.25, 0.3) is 0 Å². The number of amides is 1. The molecule has 1 unspecified atom stereocenters. The van der Waals surface area contributed by atoms with E-state index in [2.05, 4.69) is 32.7 Å². The Morgan fingerprint density at radius 1 is 1.36 bits per heavy atom. The van der Waals surface area contributed by atoms with E-state index in [4.69, 9.17) is 0 Å². The first kappa shape index (κ1) is 15.3. The second-order valence-corrected chi connectivity index (χ2v) is 6.39. The van der Waals surface area contributed by atoms with Crippen molar-refractivity contribution in [2.45, 2.75) is 38.6 Å². The molecule has 3 rings (SSSR count). The van der Waals surface area contributed by atoms with Crippen molar-refractivity contribution in [3.05, 3.63) is 23.9 Å². The Balaban J connectivity index is 1.39. The molecule has 1 aromatic heterocycles. The quantitative estimate of drug-likeness (QED) is 0.839. The second-order valence-electron chi connectivity index (χ2n) is 6.39. The number of carbonyl (C=O) groups excluding carboxylic acids is 1. The Hall–Kier alpha value is -1.62. The molecule has 5 heteroatoms. The molecule has 0 radical (unpaired) electrons. The van der Waals surface area contributed by atoms with Crippen LogP contribution in [0.2, 0.25) is 0 Å². The molecular weight excluding hydrogens is 276 g/mol. The maximum Gasteiger partial charge on any atom is 0.220 e. The number of hydrogen-bond donors (Lipinski definition) is 2. The highest BCUT2D eigenvalue weighted by molar-refractivity contribution is 5.75. The SMILES string of the molecule is O=C(CCC1CCNC1)NCc1ccc(N2CCCC2)nc1. The van der Waals surface area contributed by atoms with Gasteiger partial charge in [0, 0.05) is 32.3 Å². The van der Waals surface area contributed by atoms with Gasteiger partial charge < -0.3 is 15.5 Å². The Labute approximate surface area is 132 Å². The van der Waals surface area contributed by atoms with Crippen LogP contribution in [0.1, 0.15) is 37.7 Å². The Morgan fingerprint density at radius 2 is 2.23 bits per heavy atom. The molecule has 2 fully saturated rings. The fourth-order valence-electron chi connectivity index (χ4n) is 3.24. The highest BCUT2D eigenvalue weighted by Gasteiger charge is 2.16. The lowest BCUT2D eigenvalue weighted by atomic mass is 10.0. The second kappa shape index (κ2) is 7.58. The number of nitrogens with one attached hydrogen (secondary N) is 2. The van der Waals surface area contributed by atoms with Gasteiger partial charge in [-0.3, -0.25) is 4.79 Å². The predicted molar refractivity (Wildman–Crippen MR) is 87.7 cm³/mol. The largest absolute Gasteiger partial charge is 0.357 e. The van der Waals surface area contributed by atoms with Crippen LogP contribution < -0.4 is 15.5 Å². The number of anilines is 1. The third-order valence-corrected chi connectivity index (χ3v) is 4.67. The molecule has 0 aromatic carbocycles. The number of rotatable bonds is 6. The summed E-state index contributed by atoms with van der Waals surface area (Å²) in [6, 6.07) is 4.14. The molecular formula is C17H26N4O. The van der Waals surface area contributed by atoms with E-state index in [1.165, 1.54) is 19.3 Å². The molecule has 3 heterocycles. The minimum Gasteiger partial charge on any atom is -0.357 e. The monoisotopic (exact) mass is 302 g/mol. The fraction of sp³-hybridized carbons (Fsp3) is 0.647. The van der Waals surface area contributed by atoms with E-state index in [9.17, 15) is 4.79 Å². The van der Waals surface area contributed by atoms with Gasteiger partial charge in [-0.25, -0.2) is 4.98 Å². The smallest absolute Gasteiger partial charge is 0.220 e. The van der Waals surface area contributed by atoms with Gasteiger partial charge in [0.2, 0.25) is 5.91 Å². The molecule has 0 spiro atoms. The third kappa shape index (κ3) is 4.19. The summed E-state index contributed by atoms with van der Waals surface area (Å²) in [5, 5.41) is 6.34. The highest BCUT2D eigenvalue weighted by Crippen LogP contribution is 2.17. The highest BCUT2D eigenvalue weighted by atomic mass is 16.1. The topological polar surface area (TPSA) is 57.3 Å². The van der Waals surface area contributed by atoms with Crippen molar-refractivity contribution in [1.82, 2.24) is 15.6 Å². The Kier molecular flexibility index (Phi) is 5.27. The van der Waals surface area contributed by atoms with Crippen molar-refractivity contribution in [2.24, 2.45) is 5.92 Å². The van der Waals surface area contributed by atoms with Gasteiger partial charge in [-0.1, -0.05) is 6.07 Å². The lowest BCUT2D eigenvalue weighted by Gasteiger charge is -2.16. The van der Waals surface area contributed by atoms with E-state index in [-0.39, 0.29) is 5.91 Å². The molecule has 2 N–H and O–H groups in total. The van der Waals surface area contributed by atoms with Gasteiger partial charge >= 0.3 is 0 Å². The van der Waals surface area contributed by atoms with Crippen LogP contribution in [0.15, 0.2) is 18.3 Å². The molecule has 2 aliphatic heterocycles. The number of nitrogens with zero attached hydrogens (tertiary/aromatic N) is 2. The van der Waals surface area contributed by atoms with Gasteiger partial charge in [0.1, 0.15) is 5.82 Å². The van der Waals surface area contributed by atoms with Gasteiger partial charge in [-0.05, 0) is 56.3 Å². The summed E-state index contributed by atoms with van der Waals surface area (Å²) in [6.07, 6.45) is 7.23. The van der Waals surface area contributed by atoms with Crippen LogP contribution in [-0.4, -0.2) is 37.1 Å². The lowest BCUT2D eigenvalue weighted by molar-refractivity contribution is -0.121. The number of aromatic nitrogens is 1. The maximum atomic E-state index is 11.9. The van der Waals surface area contributed by atoms with Gasteiger partial charge in [0.25, 0.3) is 0 Å². The number of carbonyl (C=O) groups is 1. The number of hydrogen-bond acceptors (Lipinski definition) is 4. The minimum absolute atomic E-state index is 0.149. The van der Waals surface area contributed by atoms with E-state index in [0.717, 1.165) is 44.0 Å². The zero-order chi connectivity index (χ0) is 15.2. The normalized spacial score (nSPS) is 21.3. The summed E-state index contributed by atoms with van der Waals surface area (Å²) < 4.78 is 0. The Bertz CT molecular complexity index is 476. The molecule has 1 aromatic rings. The van der Waals surface area contributed by atoms with Crippen LogP contribution in [0.4, 0.5) is 5.82 Å². The third-order valence-electron chi connectivity index (χ3n) is 4.67. The van der Waals surface area contributed by atoms with Gasteiger partial charge in [-0.15, -0.1) is 0 Å². The summed E-state index contributed by atoms with van der Waals surface area (Å²) in [7, 11) is 0. The molecule has 22 heavy (non-hydrogen) atoms. The maximum absolute atomic E-state index is 11.9. The first-order valence-electron chi connectivity index (χ1n) is 8.48. The van der Waals surface area contributed by atoms with Crippen molar-refractivity contribution >= 4 is 11.7 Å². The fourth-order valence-corrected chi connectivity index (χ4v) is 3.24. The summed E-state index contributed by atoms with van der Waals surface area (Å²) in [4.78, 5) is 18.7. The van der Waals surface area contributed by atoms with E-state index in [1.54, 1.807) is 0 Å². The van der Waals surface area contributed by atoms with E-state index < -0.39 is 0 Å². The van der Waals surface area contributed by atoms with E-state index in [1.807, 2.05) is 6.20 Å². The van der Waals surface area contributed by atoms with Crippen molar-refractivity contribution in [1.29, 1.82) is 0 Å². The van der Waals surface area contributed by atoms with Gasteiger partial charge in [-0.2, -0.15) is 0 Å². The number of pyridine rings is 1. The summed E-state index contributed by atoms with van der Waals surface area (Å²) in [5.74, 6) is 1.88. The first-order valence-corrected chi connectivity index (χ1v) is 8.48. The van der Waals surface area contributed by atoms with Crippen molar-refractivity contribution in [2.75, 3.05) is 31.1 Å². The molecule has 0 bridgehead atoms. The molecule has 5 nitrogen and oxygen atoms in total. The van der Waals surface area contributed by atoms with Gasteiger partial charge in [0.15, 0.2) is 0 Å². The minimum atomic E-state index is 0.149. The van der Waals surface area contributed by atoms with Crippen LogP contribution in [0.3, 0.4) is 0 Å². The summed E-state index contributed by atoms with van der Waals surface area (Å²) in [5.41, 5.74) is 1.07. The summed E-state index contributed by atoms with van der Waals surface area (Å²) in [6.45, 7) is 4.96. The van der Waals surface area contributed by atoms with Gasteiger partial charge in [0.05, 0.1) is 0 Å². The average Bonchev–Trinajstić information content (AvgIpc) is 3.24. The van der Waals surface area contributed by atoms with Crippen LogP contribution >= 0.6 is 0 Å². The molecule has 1 atom stereocenters. The van der Waals surface area contributed by atoms with Crippen molar-refractivity contribution < 1.29 is 4.79 Å². The standard InChI is InChI=1S/C17H26N4O/c22-17(6-4-14-7-8-18-11-14)20-13-15-3-5-16(19-12-15)21-9-1-2-10-21/h3,5,12,14,18H,1-2,4,6-11,13H2,(H,20,22). The van der Waals surface area contributed by atoms with E-state index in [0.29, 0.717) is 18.9 Å². The molecule has 0 saturated carbocycles. The van der Waals surface area contributed by atoms with Crippen molar-refractivity contribution in [3.8, 4) is 0 Å². The molecule has 2 saturated heterocycles. The lowest BCUT2D eigenvalue weighted by Crippen LogP contribution is -2.24. The zero-order valence-electron chi connectivity index (χ0n) is 13.2. The first-order chi connectivity index (χ1) is 10.8. The van der Waals surface area contributed by atoms with E-state index >= 15 is 0 Å². The van der Waals surface area contributed by atoms with Crippen LogP contribution in [0, 0.1) is 5.92 Å². The van der Waals surface area contributed by atoms with Crippen LogP contribution in [-0.2, 0) is 11.3 Å². The Morgan fingerprint density at radius 3 is 2.91 bits per heavy atom.